The van der Waals surface area contributed by atoms with Gasteiger partial charge in [0.1, 0.15) is 0 Å². The van der Waals surface area contributed by atoms with Crippen LogP contribution in [0.3, 0.4) is 0 Å². The number of rotatable bonds is 2. The third kappa shape index (κ3) is 2.33. The second kappa shape index (κ2) is 5.33. The van der Waals surface area contributed by atoms with Crippen LogP contribution >= 0.6 is 0 Å². The van der Waals surface area contributed by atoms with Crippen LogP contribution in [0.2, 0.25) is 0 Å². The molecule has 4 rings (SSSR count). The summed E-state index contributed by atoms with van der Waals surface area (Å²) in [6, 6.07) is 6.20. The van der Waals surface area contributed by atoms with Crippen molar-refractivity contribution in [1.82, 2.24) is 25.1 Å². The molecule has 0 aromatic carbocycles. The number of aromatic nitrogens is 4. The first-order chi connectivity index (χ1) is 10.4. The van der Waals surface area contributed by atoms with Crippen LogP contribution in [0.5, 0.6) is 0 Å². The minimum absolute atomic E-state index is 0.173. The maximum absolute atomic E-state index is 4.73. The van der Waals surface area contributed by atoms with Gasteiger partial charge in [-0.15, -0.1) is 5.10 Å². The van der Waals surface area contributed by atoms with Crippen molar-refractivity contribution in [2.45, 2.75) is 12.5 Å². The zero-order chi connectivity index (χ0) is 14.1. The van der Waals surface area contributed by atoms with Gasteiger partial charge in [-0.2, -0.15) is 4.98 Å². The molecule has 2 aliphatic heterocycles. The highest BCUT2D eigenvalue weighted by atomic mass is 15.5. The number of nitrogens with one attached hydrogen (secondary N) is 2. The number of pyridine rings is 1. The SMILES string of the molecule is c1ccc(C2CCNc3nc(N4CCNCC4)nn32)nc1. The Morgan fingerprint density at radius 3 is 2.86 bits per heavy atom. The van der Waals surface area contributed by atoms with Gasteiger partial charge in [-0.3, -0.25) is 4.98 Å². The first kappa shape index (κ1) is 12.6. The highest BCUT2D eigenvalue weighted by Gasteiger charge is 2.27. The van der Waals surface area contributed by atoms with Gasteiger partial charge < -0.3 is 15.5 Å². The van der Waals surface area contributed by atoms with Crippen molar-refractivity contribution < 1.29 is 0 Å². The quantitative estimate of drug-likeness (QED) is 0.837. The van der Waals surface area contributed by atoms with E-state index < -0.39 is 0 Å². The monoisotopic (exact) mass is 285 g/mol. The van der Waals surface area contributed by atoms with Crippen LogP contribution in [0.25, 0.3) is 0 Å². The van der Waals surface area contributed by atoms with Crippen LogP contribution in [0.1, 0.15) is 18.2 Å². The Hall–Kier alpha value is -2.15. The number of nitrogens with zero attached hydrogens (tertiary/aromatic N) is 5. The van der Waals surface area contributed by atoms with Gasteiger partial charge >= 0.3 is 0 Å². The van der Waals surface area contributed by atoms with Crippen molar-refractivity contribution in [2.75, 3.05) is 42.9 Å². The minimum Gasteiger partial charge on any atom is -0.354 e. The summed E-state index contributed by atoms with van der Waals surface area (Å²) in [7, 11) is 0. The van der Waals surface area contributed by atoms with Crippen LogP contribution in [0.4, 0.5) is 11.9 Å². The molecule has 7 nitrogen and oxygen atoms in total. The van der Waals surface area contributed by atoms with E-state index in [2.05, 4.69) is 31.6 Å². The predicted molar refractivity (Wildman–Crippen MR) is 80.6 cm³/mol. The molecule has 4 heterocycles. The largest absolute Gasteiger partial charge is 0.354 e. The molecule has 0 bridgehead atoms. The molecule has 110 valence electrons. The fraction of sp³-hybridized carbons (Fsp3) is 0.500. The summed E-state index contributed by atoms with van der Waals surface area (Å²) in [6.07, 6.45) is 2.82. The second-order valence-corrected chi connectivity index (χ2v) is 5.40. The van der Waals surface area contributed by atoms with Crippen molar-refractivity contribution in [3.8, 4) is 0 Å². The Morgan fingerprint density at radius 2 is 2.05 bits per heavy atom. The molecule has 0 aliphatic carbocycles. The fourth-order valence-electron chi connectivity index (χ4n) is 2.94. The van der Waals surface area contributed by atoms with E-state index in [9.17, 15) is 0 Å². The number of fused-ring (bicyclic) bond motifs is 1. The number of piperazine rings is 1. The zero-order valence-electron chi connectivity index (χ0n) is 11.9. The molecule has 21 heavy (non-hydrogen) atoms. The first-order valence-electron chi connectivity index (χ1n) is 7.49. The summed E-state index contributed by atoms with van der Waals surface area (Å²) in [5.74, 6) is 1.67. The average molecular weight is 285 g/mol. The van der Waals surface area contributed by atoms with Crippen molar-refractivity contribution in [3.05, 3.63) is 30.1 Å². The molecule has 0 saturated carbocycles. The summed E-state index contributed by atoms with van der Waals surface area (Å²) in [6.45, 7) is 4.79. The fourth-order valence-corrected chi connectivity index (χ4v) is 2.94. The van der Waals surface area contributed by atoms with E-state index >= 15 is 0 Å². The lowest BCUT2D eigenvalue weighted by Gasteiger charge is -2.26. The smallest absolute Gasteiger partial charge is 0.246 e. The normalized spacial score (nSPS) is 21.7. The van der Waals surface area contributed by atoms with Gasteiger partial charge in [-0.05, 0) is 18.6 Å². The van der Waals surface area contributed by atoms with Gasteiger partial charge in [0.25, 0.3) is 0 Å². The van der Waals surface area contributed by atoms with Crippen molar-refractivity contribution in [3.63, 3.8) is 0 Å². The molecule has 1 saturated heterocycles. The highest BCUT2D eigenvalue weighted by molar-refractivity contribution is 5.40. The van der Waals surface area contributed by atoms with E-state index in [1.165, 1.54) is 0 Å². The number of anilines is 2. The standard InChI is InChI=1S/C14H19N7/c1-2-5-16-11(3-1)12-4-6-17-13-18-14(19-21(12)13)20-9-7-15-8-10-20/h1-3,5,12,15H,4,6-10H2,(H,17,18,19). The highest BCUT2D eigenvalue weighted by Crippen LogP contribution is 2.28. The maximum Gasteiger partial charge on any atom is 0.246 e. The van der Waals surface area contributed by atoms with Crippen molar-refractivity contribution >= 4 is 11.9 Å². The Labute approximate surface area is 123 Å². The van der Waals surface area contributed by atoms with E-state index in [0.29, 0.717) is 0 Å². The van der Waals surface area contributed by atoms with E-state index in [4.69, 9.17) is 5.10 Å². The summed E-state index contributed by atoms with van der Waals surface area (Å²) in [5.41, 5.74) is 1.05. The third-order valence-corrected chi connectivity index (χ3v) is 4.05. The van der Waals surface area contributed by atoms with Crippen molar-refractivity contribution in [1.29, 1.82) is 0 Å². The molecule has 0 spiro atoms. The van der Waals surface area contributed by atoms with Gasteiger partial charge in [0.05, 0.1) is 11.7 Å². The van der Waals surface area contributed by atoms with Gasteiger partial charge in [-0.1, -0.05) is 6.07 Å². The molecule has 0 radical (unpaired) electrons. The van der Waals surface area contributed by atoms with E-state index in [0.717, 1.165) is 56.7 Å². The van der Waals surface area contributed by atoms with E-state index in [1.807, 2.05) is 23.0 Å². The molecule has 1 atom stereocenters. The van der Waals surface area contributed by atoms with E-state index in [1.54, 1.807) is 0 Å². The molecular weight excluding hydrogens is 266 g/mol. The lowest BCUT2D eigenvalue weighted by molar-refractivity contribution is 0.468. The third-order valence-electron chi connectivity index (χ3n) is 4.05. The predicted octanol–water partition coefficient (Wildman–Crippen LogP) is 0.488. The van der Waals surface area contributed by atoms with Crippen LogP contribution in [-0.2, 0) is 0 Å². The summed E-state index contributed by atoms with van der Waals surface area (Å²) < 4.78 is 1.99. The Kier molecular flexibility index (Phi) is 3.19. The topological polar surface area (TPSA) is 70.9 Å². The van der Waals surface area contributed by atoms with Crippen LogP contribution in [0.15, 0.2) is 24.4 Å². The Balaban J connectivity index is 1.66. The van der Waals surface area contributed by atoms with E-state index in [-0.39, 0.29) is 6.04 Å². The Bertz CT molecular complexity index is 603. The zero-order valence-corrected chi connectivity index (χ0v) is 11.9. The van der Waals surface area contributed by atoms with Crippen LogP contribution < -0.4 is 15.5 Å². The van der Waals surface area contributed by atoms with Gasteiger partial charge in [-0.25, -0.2) is 4.68 Å². The molecule has 2 N–H and O–H groups in total. The Morgan fingerprint density at radius 1 is 1.14 bits per heavy atom. The van der Waals surface area contributed by atoms with Gasteiger partial charge in [0, 0.05) is 38.9 Å². The number of hydrogen-bond acceptors (Lipinski definition) is 6. The lowest BCUT2D eigenvalue weighted by atomic mass is 10.1. The van der Waals surface area contributed by atoms with Gasteiger partial charge in [0.15, 0.2) is 0 Å². The minimum atomic E-state index is 0.173. The van der Waals surface area contributed by atoms with Crippen molar-refractivity contribution in [2.24, 2.45) is 0 Å². The average Bonchev–Trinajstić information content (AvgIpc) is 3.00. The molecule has 1 unspecified atom stereocenters. The maximum atomic E-state index is 4.73. The summed E-state index contributed by atoms with van der Waals surface area (Å²) >= 11 is 0. The molecule has 2 aliphatic rings. The molecule has 7 heteroatoms. The molecule has 2 aromatic rings. The second-order valence-electron chi connectivity index (χ2n) is 5.40. The van der Waals surface area contributed by atoms with Gasteiger partial charge in [0.2, 0.25) is 11.9 Å². The van der Waals surface area contributed by atoms with Crippen LogP contribution in [0, 0.1) is 0 Å². The molecule has 1 fully saturated rings. The number of hydrogen-bond donors (Lipinski definition) is 2. The summed E-state index contributed by atoms with van der Waals surface area (Å²) in [4.78, 5) is 11.4. The molecule has 0 amide bonds. The lowest BCUT2D eigenvalue weighted by Crippen LogP contribution is -2.44. The summed E-state index contributed by atoms with van der Waals surface area (Å²) in [5, 5.41) is 11.4. The first-order valence-corrected chi connectivity index (χ1v) is 7.49. The molecule has 2 aromatic heterocycles. The van der Waals surface area contributed by atoms with Crippen LogP contribution in [-0.4, -0.2) is 52.5 Å². The molecular formula is C14H19N7.